The third-order valence-corrected chi connectivity index (χ3v) is 3.97. The monoisotopic (exact) mass is 386 g/mol. The number of rotatable bonds is 5. The SMILES string of the molecule is CCOc1cccc(/C=N/NC(=O)c2nc(Cl)c(Cl)c(N)c2Cl)c1. The number of aromatic nitrogens is 1. The minimum absolute atomic E-state index is 0.00513. The summed E-state index contributed by atoms with van der Waals surface area (Å²) in [5.74, 6) is 0.0391. The van der Waals surface area contributed by atoms with Crippen molar-refractivity contribution in [3.8, 4) is 5.75 Å². The van der Waals surface area contributed by atoms with Gasteiger partial charge in [0.15, 0.2) is 10.8 Å². The quantitative estimate of drug-likeness (QED) is 0.464. The molecule has 2 rings (SSSR count). The number of carbonyl (C=O) groups is 1. The maximum atomic E-state index is 12.1. The van der Waals surface area contributed by atoms with E-state index in [4.69, 9.17) is 45.3 Å². The first-order chi connectivity index (χ1) is 11.4. The molecule has 0 spiro atoms. The lowest BCUT2D eigenvalue weighted by atomic mass is 10.2. The molecule has 126 valence electrons. The smallest absolute Gasteiger partial charge is 0.291 e. The highest BCUT2D eigenvalue weighted by atomic mass is 35.5. The van der Waals surface area contributed by atoms with Gasteiger partial charge in [0.2, 0.25) is 0 Å². The Morgan fingerprint density at radius 2 is 2.12 bits per heavy atom. The van der Waals surface area contributed by atoms with Crippen LogP contribution in [-0.4, -0.2) is 23.7 Å². The van der Waals surface area contributed by atoms with E-state index in [1.165, 1.54) is 6.21 Å². The number of anilines is 1. The number of benzene rings is 1. The molecule has 6 nitrogen and oxygen atoms in total. The van der Waals surface area contributed by atoms with Crippen molar-refractivity contribution in [2.24, 2.45) is 5.10 Å². The number of pyridine rings is 1. The molecule has 0 unspecified atom stereocenters. The molecule has 1 amide bonds. The Kier molecular flexibility index (Phi) is 6.25. The molecule has 0 radical (unpaired) electrons. The van der Waals surface area contributed by atoms with Crippen LogP contribution in [0.4, 0.5) is 5.69 Å². The van der Waals surface area contributed by atoms with Gasteiger partial charge in [-0.25, -0.2) is 10.4 Å². The van der Waals surface area contributed by atoms with Gasteiger partial charge in [0.1, 0.15) is 10.8 Å². The third kappa shape index (κ3) is 4.29. The van der Waals surface area contributed by atoms with Crippen molar-refractivity contribution in [3.63, 3.8) is 0 Å². The molecule has 3 N–H and O–H groups in total. The van der Waals surface area contributed by atoms with E-state index in [-0.39, 0.29) is 26.6 Å². The van der Waals surface area contributed by atoms with Crippen LogP contribution in [0.15, 0.2) is 29.4 Å². The Morgan fingerprint density at radius 1 is 1.38 bits per heavy atom. The topological polar surface area (TPSA) is 89.6 Å². The van der Waals surface area contributed by atoms with Crippen LogP contribution in [0.2, 0.25) is 15.2 Å². The lowest BCUT2D eigenvalue weighted by Crippen LogP contribution is -2.20. The highest BCUT2D eigenvalue weighted by Gasteiger charge is 2.19. The van der Waals surface area contributed by atoms with E-state index >= 15 is 0 Å². The number of nitrogens with two attached hydrogens (primary N) is 1. The molecule has 0 saturated carbocycles. The van der Waals surface area contributed by atoms with E-state index in [9.17, 15) is 4.79 Å². The van der Waals surface area contributed by atoms with Crippen LogP contribution in [0.5, 0.6) is 5.75 Å². The highest BCUT2D eigenvalue weighted by Crippen LogP contribution is 2.34. The highest BCUT2D eigenvalue weighted by molar-refractivity contribution is 6.46. The minimum atomic E-state index is -0.664. The lowest BCUT2D eigenvalue weighted by Gasteiger charge is -2.07. The Hall–Kier alpha value is -2.02. The van der Waals surface area contributed by atoms with Crippen LogP contribution in [0.1, 0.15) is 23.0 Å². The molecule has 0 fully saturated rings. The molecule has 2 aromatic rings. The number of hydrogen-bond acceptors (Lipinski definition) is 5. The second-order valence-corrected chi connectivity index (χ2v) is 5.61. The van der Waals surface area contributed by atoms with Gasteiger partial charge in [0, 0.05) is 0 Å². The van der Waals surface area contributed by atoms with Crippen LogP contribution in [0, 0.1) is 0 Å². The zero-order valence-electron chi connectivity index (χ0n) is 12.5. The molecule has 0 aliphatic carbocycles. The molecular weight excluding hydrogens is 375 g/mol. The van der Waals surface area contributed by atoms with E-state index in [1.807, 2.05) is 19.1 Å². The molecule has 1 aromatic carbocycles. The second-order valence-electron chi connectivity index (χ2n) is 4.50. The number of hydrogen-bond donors (Lipinski definition) is 2. The number of nitrogens with one attached hydrogen (secondary N) is 1. The van der Waals surface area contributed by atoms with Gasteiger partial charge < -0.3 is 10.5 Å². The number of nitrogen functional groups attached to an aromatic ring is 1. The first-order valence-corrected chi connectivity index (χ1v) is 7.93. The molecule has 9 heteroatoms. The maximum absolute atomic E-state index is 12.1. The molecule has 24 heavy (non-hydrogen) atoms. The Labute approximate surface area is 153 Å². The largest absolute Gasteiger partial charge is 0.494 e. The zero-order valence-corrected chi connectivity index (χ0v) is 14.8. The Bertz CT molecular complexity index is 797. The molecule has 0 aliphatic heterocycles. The zero-order chi connectivity index (χ0) is 17.7. The average Bonchev–Trinajstić information content (AvgIpc) is 2.57. The molecule has 1 heterocycles. The summed E-state index contributed by atoms with van der Waals surface area (Å²) in [7, 11) is 0. The fourth-order valence-electron chi connectivity index (χ4n) is 1.75. The molecule has 0 bridgehead atoms. The number of halogens is 3. The van der Waals surface area contributed by atoms with Crippen LogP contribution in [-0.2, 0) is 0 Å². The fourth-order valence-corrected chi connectivity index (χ4v) is 2.35. The van der Waals surface area contributed by atoms with E-state index < -0.39 is 5.91 Å². The number of carbonyl (C=O) groups excluding carboxylic acids is 1. The molecular formula is C15H13Cl3N4O2. The van der Waals surface area contributed by atoms with Gasteiger partial charge in [-0.2, -0.15) is 5.10 Å². The second kappa shape index (κ2) is 8.19. The van der Waals surface area contributed by atoms with Crippen molar-refractivity contribution in [2.45, 2.75) is 6.92 Å². The summed E-state index contributed by atoms with van der Waals surface area (Å²) in [5, 5.41) is 3.64. The van der Waals surface area contributed by atoms with E-state index in [2.05, 4.69) is 15.5 Å². The summed E-state index contributed by atoms with van der Waals surface area (Å²) in [6, 6.07) is 7.22. The number of ether oxygens (including phenoxy) is 1. The number of nitrogens with zero attached hydrogens (tertiary/aromatic N) is 2. The summed E-state index contributed by atoms with van der Waals surface area (Å²) < 4.78 is 5.38. The van der Waals surface area contributed by atoms with Crippen molar-refractivity contribution in [2.75, 3.05) is 12.3 Å². The van der Waals surface area contributed by atoms with E-state index in [0.29, 0.717) is 12.4 Å². The summed E-state index contributed by atoms with van der Waals surface area (Å²) in [6.07, 6.45) is 1.45. The molecule has 0 aliphatic rings. The summed E-state index contributed by atoms with van der Waals surface area (Å²) in [6.45, 7) is 2.45. The minimum Gasteiger partial charge on any atom is -0.494 e. The van der Waals surface area contributed by atoms with Gasteiger partial charge in [0.25, 0.3) is 5.91 Å². The summed E-state index contributed by atoms with van der Waals surface area (Å²) >= 11 is 17.6. The van der Waals surface area contributed by atoms with Crippen molar-refractivity contribution >= 4 is 52.6 Å². The summed E-state index contributed by atoms with van der Waals surface area (Å²) in [4.78, 5) is 15.9. The van der Waals surface area contributed by atoms with Gasteiger partial charge in [-0.15, -0.1) is 0 Å². The summed E-state index contributed by atoms with van der Waals surface area (Å²) in [5.41, 5.74) is 8.53. The Balaban J connectivity index is 2.12. The number of amides is 1. The molecule has 0 saturated heterocycles. The van der Waals surface area contributed by atoms with Crippen LogP contribution in [0.25, 0.3) is 0 Å². The predicted molar refractivity (Wildman–Crippen MR) is 96.4 cm³/mol. The van der Waals surface area contributed by atoms with Crippen molar-refractivity contribution in [1.29, 1.82) is 0 Å². The standard InChI is InChI=1S/C15H13Cl3N4O2/c1-2-24-9-5-3-4-8(6-9)7-20-22-15(23)13-10(16)12(19)11(17)14(18)21-13/h3-7H,2H2,1H3,(H2,19,21)(H,22,23)/b20-7+. The average molecular weight is 388 g/mol. The first kappa shape index (κ1) is 18.3. The van der Waals surface area contributed by atoms with Crippen molar-refractivity contribution in [1.82, 2.24) is 10.4 Å². The van der Waals surface area contributed by atoms with Crippen LogP contribution >= 0.6 is 34.8 Å². The van der Waals surface area contributed by atoms with Gasteiger partial charge in [-0.05, 0) is 24.6 Å². The van der Waals surface area contributed by atoms with Crippen molar-refractivity contribution < 1.29 is 9.53 Å². The van der Waals surface area contributed by atoms with Crippen molar-refractivity contribution in [3.05, 3.63) is 50.7 Å². The predicted octanol–water partition coefficient (Wildman–Crippen LogP) is 3.79. The third-order valence-electron chi connectivity index (χ3n) is 2.84. The molecule has 0 atom stereocenters. The van der Waals surface area contributed by atoms with Crippen LogP contribution < -0.4 is 15.9 Å². The van der Waals surface area contributed by atoms with E-state index in [0.717, 1.165) is 5.56 Å². The van der Waals surface area contributed by atoms with E-state index in [1.54, 1.807) is 12.1 Å². The molecule has 1 aromatic heterocycles. The van der Waals surface area contributed by atoms with Gasteiger partial charge in [-0.3, -0.25) is 4.79 Å². The van der Waals surface area contributed by atoms with Crippen LogP contribution in [0.3, 0.4) is 0 Å². The first-order valence-electron chi connectivity index (χ1n) is 6.80. The maximum Gasteiger partial charge on any atom is 0.291 e. The van der Waals surface area contributed by atoms with Gasteiger partial charge in [-0.1, -0.05) is 46.9 Å². The van der Waals surface area contributed by atoms with Gasteiger partial charge >= 0.3 is 0 Å². The lowest BCUT2D eigenvalue weighted by molar-refractivity contribution is 0.0950. The Morgan fingerprint density at radius 3 is 2.83 bits per heavy atom. The van der Waals surface area contributed by atoms with Gasteiger partial charge in [0.05, 0.1) is 23.5 Å². The number of hydrazone groups is 1. The fraction of sp³-hybridized carbons (Fsp3) is 0.133. The normalized spacial score (nSPS) is 10.8.